The quantitative estimate of drug-likeness (QED) is 0.0383. The van der Waals surface area contributed by atoms with Gasteiger partial charge in [0.15, 0.2) is 28.8 Å². The molecular weight excluding hydrogens is 789 g/mol. The van der Waals surface area contributed by atoms with Gasteiger partial charge in [-0.05, 0) is 73.5 Å². The molecule has 5 rings (SSSR count). The molecule has 16 heteroatoms. The second-order valence-electron chi connectivity index (χ2n) is 14.2. The smallest absolute Gasteiger partial charge is 0.335 e. The van der Waals surface area contributed by atoms with Gasteiger partial charge in [-0.1, -0.05) is 48.5 Å². The van der Waals surface area contributed by atoms with Crippen LogP contribution in [0.2, 0.25) is 0 Å². The number of nitrogens with one attached hydrogen (secondary N) is 2. The third-order valence-corrected chi connectivity index (χ3v) is 9.26. The van der Waals surface area contributed by atoms with E-state index in [1.807, 2.05) is 0 Å². The molecule has 1 atom stereocenters. The summed E-state index contributed by atoms with van der Waals surface area (Å²) < 4.78 is 5.86. The number of phenolic OH excluding ortho intramolecular Hbond substituents is 1. The highest BCUT2D eigenvalue weighted by molar-refractivity contribution is 6.05. The first-order chi connectivity index (χ1) is 29.0. The van der Waals surface area contributed by atoms with Gasteiger partial charge in [0.05, 0.1) is 34.6 Å². The molecular formula is C45H40N4O12. The number of hydrogen-bond acceptors (Lipinski definition) is 11. The van der Waals surface area contributed by atoms with E-state index in [0.717, 1.165) is 6.07 Å². The summed E-state index contributed by atoms with van der Waals surface area (Å²) in [6.07, 6.45) is -1.48. The lowest BCUT2D eigenvalue weighted by Crippen LogP contribution is -2.44. The Hall–Kier alpha value is -8.01. The summed E-state index contributed by atoms with van der Waals surface area (Å²) in [4.78, 5) is 99.2. The van der Waals surface area contributed by atoms with E-state index in [2.05, 4.69) is 10.6 Å². The Bertz CT molecular complexity index is 2520. The van der Waals surface area contributed by atoms with Crippen molar-refractivity contribution in [3.8, 4) is 11.5 Å². The maximum Gasteiger partial charge on any atom is 0.335 e. The van der Waals surface area contributed by atoms with Gasteiger partial charge >= 0.3 is 5.97 Å². The topological polar surface area (TPSA) is 262 Å². The Morgan fingerprint density at radius 3 is 1.92 bits per heavy atom. The zero-order valence-electron chi connectivity index (χ0n) is 32.9. The second kappa shape index (κ2) is 19.6. The number of carboxylic acids is 1. The standard InChI is InChI=1S/C45H40N4O12/c1-25(2)61-42-31(16-19-35(41(42)54)38(51)20-26-8-12-30(13-9-26)45(57)58)23-37(50)28-10-6-27(7-11-28)21-39(52)36(24-40(46)53)48-43(55)29-14-17-33(18-15-29)47-44(56)32-4-3-5-34(22-32)49(59)60/h3-19,22,25,36,54H,20-21,23-24H2,1-2H3,(H2,46,53)(H,47,56)(H,48,55)(H,57,58)/t36-/m0/s1. The Kier molecular flexibility index (Phi) is 14.2. The van der Waals surface area contributed by atoms with Crippen LogP contribution in [-0.2, 0) is 28.9 Å². The number of carbonyl (C=O) groups is 7. The lowest BCUT2D eigenvalue weighted by atomic mass is 9.95. The van der Waals surface area contributed by atoms with Gasteiger partial charge in [-0.2, -0.15) is 0 Å². The van der Waals surface area contributed by atoms with Crippen molar-refractivity contribution >= 4 is 52.4 Å². The van der Waals surface area contributed by atoms with Crippen LogP contribution >= 0.6 is 0 Å². The van der Waals surface area contributed by atoms with Gasteiger partial charge in [-0.3, -0.25) is 38.9 Å². The average molecular weight is 829 g/mol. The molecule has 0 spiro atoms. The number of ketones is 3. The fourth-order valence-electron chi connectivity index (χ4n) is 6.16. The number of hydrogen-bond donors (Lipinski definition) is 5. The number of aromatic hydroxyl groups is 1. The number of anilines is 1. The number of Topliss-reactive ketones (excluding diaryl/α,β-unsaturated/α-hetero) is 3. The van der Waals surface area contributed by atoms with Crippen LogP contribution in [0.3, 0.4) is 0 Å². The van der Waals surface area contributed by atoms with Gasteiger partial charge in [0.1, 0.15) is 0 Å². The molecule has 5 aromatic rings. The monoisotopic (exact) mass is 828 g/mol. The number of nitrogens with zero attached hydrogens (tertiary/aromatic N) is 1. The molecule has 0 unspecified atom stereocenters. The van der Waals surface area contributed by atoms with Crippen LogP contribution in [0.1, 0.15) is 88.7 Å². The van der Waals surface area contributed by atoms with Gasteiger partial charge < -0.3 is 31.3 Å². The summed E-state index contributed by atoms with van der Waals surface area (Å²) in [5, 5.41) is 36.5. The van der Waals surface area contributed by atoms with E-state index < -0.39 is 64.5 Å². The van der Waals surface area contributed by atoms with Crippen LogP contribution < -0.4 is 21.1 Å². The van der Waals surface area contributed by atoms with E-state index in [4.69, 9.17) is 15.6 Å². The first-order valence-electron chi connectivity index (χ1n) is 18.8. The van der Waals surface area contributed by atoms with Crippen molar-refractivity contribution < 1.29 is 53.4 Å². The summed E-state index contributed by atoms with van der Waals surface area (Å²) in [6, 6.07) is 24.2. The molecule has 0 saturated heterocycles. The Morgan fingerprint density at radius 1 is 0.721 bits per heavy atom. The SMILES string of the molecule is CC(C)Oc1c(CC(=O)c2ccc(CC(=O)[C@H](CC(N)=O)NC(=O)c3ccc(NC(=O)c4cccc([N+](=O)[O-])c4)cc3)cc2)ccc(C(=O)Cc2ccc(C(=O)O)cc2)c1O. The van der Waals surface area contributed by atoms with E-state index in [0.29, 0.717) is 16.7 Å². The van der Waals surface area contributed by atoms with Crippen molar-refractivity contribution in [1.29, 1.82) is 0 Å². The van der Waals surface area contributed by atoms with Gasteiger partial charge in [0.25, 0.3) is 17.5 Å². The fraction of sp³-hybridized carbons (Fsp3) is 0.178. The molecule has 0 radical (unpaired) electrons. The van der Waals surface area contributed by atoms with E-state index in [1.54, 1.807) is 26.0 Å². The summed E-state index contributed by atoms with van der Waals surface area (Å²) in [5.41, 5.74) is 7.20. The van der Waals surface area contributed by atoms with Crippen LogP contribution in [0.15, 0.2) is 109 Å². The highest BCUT2D eigenvalue weighted by Gasteiger charge is 2.25. The maximum atomic E-state index is 13.4. The minimum Gasteiger partial charge on any atom is -0.504 e. The molecule has 0 aliphatic heterocycles. The number of ether oxygens (including phenoxy) is 1. The normalized spacial score (nSPS) is 11.3. The minimum atomic E-state index is -1.29. The molecule has 0 fully saturated rings. The minimum absolute atomic E-state index is 0.0268. The highest BCUT2D eigenvalue weighted by Crippen LogP contribution is 2.36. The predicted octanol–water partition coefficient (Wildman–Crippen LogP) is 5.67. The zero-order chi connectivity index (χ0) is 44.4. The number of nitro benzene ring substituents is 1. The number of non-ortho nitro benzene ring substituents is 1. The van der Waals surface area contributed by atoms with Crippen LogP contribution in [-0.4, -0.2) is 68.3 Å². The highest BCUT2D eigenvalue weighted by atomic mass is 16.6. The largest absolute Gasteiger partial charge is 0.504 e. The number of amides is 3. The fourth-order valence-corrected chi connectivity index (χ4v) is 6.16. The Balaban J connectivity index is 1.21. The van der Waals surface area contributed by atoms with E-state index in [1.165, 1.54) is 91.0 Å². The van der Waals surface area contributed by atoms with Crippen molar-refractivity contribution in [1.82, 2.24) is 5.32 Å². The zero-order valence-corrected chi connectivity index (χ0v) is 32.9. The number of rotatable bonds is 19. The molecule has 0 aliphatic rings. The van der Waals surface area contributed by atoms with Crippen LogP contribution in [0.5, 0.6) is 11.5 Å². The van der Waals surface area contributed by atoms with E-state index in [-0.39, 0.29) is 70.0 Å². The number of carbonyl (C=O) groups excluding carboxylic acids is 6. The van der Waals surface area contributed by atoms with Crippen molar-refractivity contribution in [3.63, 3.8) is 0 Å². The average Bonchev–Trinajstić information content (AvgIpc) is 3.22. The molecule has 0 saturated carbocycles. The summed E-state index contributed by atoms with van der Waals surface area (Å²) in [7, 11) is 0. The van der Waals surface area contributed by atoms with Crippen LogP contribution in [0.25, 0.3) is 0 Å². The Labute approximate surface area is 348 Å². The number of primary amides is 1. The Morgan fingerprint density at radius 2 is 1.33 bits per heavy atom. The van der Waals surface area contributed by atoms with E-state index >= 15 is 0 Å². The summed E-state index contributed by atoms with van der Waals surface area (Å²) >= 11 is 0. The van der Waals surface area contributed by atoms with Crippen molar-refractivity contribution in [2.45, 2.75) is 51.7 Å². The number of nitro groups is 1. The molecule has 0 bridgehead atoms. The molecule has 312 valence electrons. The molecule has 5 aromatic carbocycles. The molecule has 0 heterocycles. The molecule has 61 heavy (non-hydrogen) atoms. The third-order valence-electron chi connectivity index (χ3n) is 9.26. The summed E-state index contributed by atoms with van der Waals surface area (Å²) in [6.45, 7) is 3.44. The van der Waals surface area contributed by atoms with Crippen LogP contribution in [0.4, 0.5) is 11.4 Å². The van der Waals surface area contributed by atoms with Crippen LogP contribution in [0, 0.1) is 10.1 Å². The lowest BCUT2D eigenvalue weighted by Gasteiger charge is -2.18. The van der Waals surface area contributed by atoms with E-state index in [9.17, 15) is 48.8 Å². The summed E-state index contributed by atoms with van der Waals surface area (Å²) in [5.74, 6) is -5.06. The van der Waals surface area contributed by atoms with Crippen molar-refractivity contribution in [2.75, 3.05) is 5.32 Å². The lowest BCUT2D eigenvalue weighted by molar-refractivity contribution is -0.384. The number of benzene rings is 5. The first kappa shape index (κ1) is 44.1. The first-order valence-corrected chi connectivity index (χ1v) is 18.8. The second-order valence-corrected chi connectivity index (χ2v) is 14.2. The van der Waals surface area contributed by atoms with Gasteiger partial charge in [0, 0.05) is 59.3 Å². The van der Waals surface area contributed by atoms with Crippen molar-refractivity contribution in [2.24, 2.45) is 5.73 Å². The number of nitrogens with two attached hydrogens (primary N) is 1. The number of aromatic carboxylic acids is 1. The number of phenols is 1. The van der Waals surface area contributed by atoms with Gasteiger partial charge in [-0.25, -0.2) is 4.79 Å². The van der Waals surface area contributed by atoms with Gasteiger partial charge in [-0.15, -0.1) is 0 Å². The molecule has 0 aliphatic carbocycles. The molecule has 3 amide bonds. The number of carboxylic acid groups (broad SMARTS) is 1. The van der Waals surface area contributed by atoms with Gasteiger partial charge in [0.2, 0.25) is 5.91 Å². The molecule has 6 N–H and O–H groups in total. The molecule has 0 aromatic heterocycles. The van der Waals surface area contributed by atoms with Crippen molar-refractivity contribution in [3.05, 3.63) is 164 Å². The third kappa shape index (κ3) is 11.8. The molecule has 16 nitrogen and oxygen atoms in total. The maximum absolute atomic E-state index is 13.4. The predicted molar refractivity (Wildman–Crippen MR) is 221 cm³/mol.